The van der Waals surface area contributed by atoms with Gasteiger partial charge in [-0.1, -0.05) is 30.3 Å². The Morgan fingerprint density at radius 2 is 1.58 bits per heavy atom. The van der Waals surface area contributed by atoms with Crippen molar-refractivity contribution in [3.63, 3.8) is 0 Å². The molecule has 0 aromatic heterocycles. The molecule has 0 fully saturated rings. The summed E-state index contributed by atoms with van der Waals surface area (Å²) in [7, 11) is -3.82. The van der Waals surface area contributed by atoms with Gasteiger partial charge in [-0.15, -0.1) is 0 Å². The zero-order valence-electron chi connectivity index (χ0n) is 9.86. The van der Waals surface area contributed by atoms with Gasteiger partial charge in [-0.25, -0.2) is 4.39 Å². The van der Waals surface area contributed by atoms with E-state index in [4.69, 9.17) is 4.18 Å². The highest BCUT2D eigenvalue weighted by Gasteiger charge is 2.07. The number of para-hydroxylation sites is 1. The van der Waals surface area contributed by atoms with E-state index in [1.807, 2.05) is 0 Å². The summed E-state index contributed by atoms with van der Waals surface area (Å²) in [4.78, 5) is 0. The van der Waals surface area contributed by atoms with E-state index >= 15 is 0 Å². The van der Waals surface area contributed by atoms with Crippen LogP contribution in [-0.2, 0) is 10.1 Å². The fraction of sp³-hybridized carbons (Fsp3) is 0. The van der Waals surface area contributed by atoms with E-state index in [0.29, 0.717) is 5.56 Å². The SMILES string of the molecule is O=S(=O)(/C=C/c1ccc(F)cc1)Oc1ccccc1. The third-order valence-electron chi connectivity index (χ3n) is 2.25. The smallest absolute Gasteiger partial charge is 0.332 e. The average molecular weight is 278 g/mol. The predicted octanol–water partition coefficient (Wildman–Crippen LogP) is 3.21. The van der Waals surface area contributed by atoms with Crippen LogP contribution >= 0.6 is 0 Å². The van der Waals surface area contributed by atoms with Crippen molar-refractivity contribution >= 4 is 16.2 Å². The van der Waals surface area contributed by atoms with Gasteiger partial charge < -0.3 is 4.18 Å². The van der Waals surface area contributed by atoms with Crippen molar-refractivity contribution < 1.29 is 17.0 Å². The highest BCUT2D eigenvalue weighted by atomic mass is 32.2. The predicted molar refractivity (Wildman–Crippen MR) is 71.4 cm³/mol. The Bertz CT molecular complexity index is 662. The maximum atomic E-state index is 12.7. The second-order valence-corrected chi connectivity index (χ2v) is 5.17. The molecule has 0 unspecified atom stereocenters. The number of hydrogen-bond donors (Lipinski definition) is 0. The minimum Gasteiger partial charge on any atom is -0.379 e. The van der Waals surface area contributed by atoms with Crippen molar-refractivity contribution in [3.05, 3.63) is 71.4 Å². The maximum Gasteiger partial charge on any atom is 0.332 e. The average Bonchev–Trinajstić information content (AvgIpc) is 2.39. The zero-order valence-corrected chi connectivity index (χ0v) is 10.7. The summed E-state index contributed by atoms with van der Waals surface area (Å²) >= 11 is 0. The summed E-state index contributed by atoms with van der Waals surface area (Å²) in [6.07, 6.45) is 1.34. The van der Waals surface area contributed by atoms with Gasteiger partial charge in [-0.2, -0.15) is 8.42 Å². The second-order valence-electron chi connectivity index (χ2n) is 3.74. The van der Waals surface area contributed by atoms with E-state index in [0.717, 1.165) is 5.41 Å². The van der Waals surface area contributed by atoms with E-state index in [1.165, 1.54) is 30.3 Å². The highest BCUT2D eigenvalue weighted by Crippen LogP contribution is 2.13. The molecule has 0 aliphatic heterocycles. The third kappa shape index (κ3) is 4.22. The van der Waals surface area contributed by atoms with Crippen LogP contribution in [0.2, 0.25) is 0 Å². The van der Waals surface area contributed by atoms with Crippen molar-refractivity contribution in [2.45, 2.75) is 0 Å². The lowest BCUT2D eigenvalue weighted by Gasteiger charge is -2.02. The van der Waals surface area contributed by atoms with Crippen molar-refractivity contribution in [2.75, 3.05) is 0 Å². The monoisotopic (exact) mass is 278 g/mol. The molecule has 19 heavy (non-hydrogen) atoms. The molecular weight excluding hydrogens is 267 g/mol. The molecule has 0 aliphatic carbocycles. The van der Waals surface area contributed by atoms with E-state index < -0.39 is 10.1 Å². The van der Waals surface area contributed by atoms with Crippen LogP contribution in [0.25, 0.3) is 6.08 Å². The lowest BCUT2D eigenvalue weighted by molar-refractivity contribution is 0.497. The Morgan fingerprint density at radius 3 is 2.21 bits per heavy atom. The Balaban J connectivity index is 2.11. The van der Waals surface area contributed by atoms with Crippen molar-refractivity contribution in [2.24, 2.45) is 0 Å². The molecule has 3 nitrogen and oxygen atoms in total. The number of halogens is 1. The zero-order chi connectivity index (χ0) is 13.7. The molecular formula is C14H11FO3S. The minimum atomic E-state index is -3.82. The van der Waals surface area contributed by atoms with Gasteiger partial charge in [0.25, 0.3) is 0 Å². The lowest BCUT2D eigenvalue weighted by atomic mass is 10.2. The molecule has 98 valence electrons. The van der Waals surface area contributed by atoms with Crippen molar-refractivity contribution in [1.82, 2.24) is 0 Å². The van der Waals surface area contributed by atoms with Gasteiger partial charge in [0, 0.05) is 0 Å². The van der Waals surface area contributed by atoms with Crippen LogP contribution in [0.5, 0.6) is 5.75 Å². The van der Waals surface area contributed by atoms with E-state index in [9.17, 15) is 12.8 Å². The Morgan fingerprint density at radius 1 is 0.947 bits per heavy atom. The van der Waals surface area contributed by atoms with Gasteiger partial charge in [0.1, 0.15) is 11.6 Å². The first-order valence-electron chi connectivity index (χ1n) is 5.48. The summed E-state index contributed by atoms with van der Waals surface area (Å²) in [6.45, 7) is 0. The minimum absolute atomic E-state index is 0.242. The Labute approximate surface area is 111 Å². The summed E-state index contributed by atoms with van der Waals surface area (Å²) in [5.41, 5.74) is 0.571. The standard InChI is InChI=1S/C14H11FO3S/c15-13-8-6-12(7-9-13)10-11-19(16,17)18-14-4-2-1-3-5-14/h1-11H/b11-10+. The number of hydrogen-bond acceptors (Lipinski definition) is 3. The Hall–Kier alpha value is -2.14. The van der Waals surface area contributed by atoms with Crippen LogP contribution in [0.15, 0.2) is 60.0 Å². The van der Waals surface area contributed by atoms with Crippen LogP contribution in [0.3, 0.4) is 0 Å². The molecule has 0 heterocycles. The first kappa shape index (κ1) is 13.3. The van der Waals surface area contributed by atoms with Crippen LogP contribution in [-0.4, -0.2) is 8.42 Å². The largest absolute Gasteiger partial charge is 0.379 e. The van der Waals surface area contributed by atoms with Crippen LogP contribution < -0.4 is 4.18 Å². The summed E-state index contributed by atoms with van der Waals surface area (Å²) < 4.78 is 40.9. The van der Waals surface area contributed by atoms with E-state index in [2.05, 4.69) is 0 Å². The normalized spacial score (nSPS) is 11.6. The van der Waals surface area contributed by atoms with E-state index in [-0.39, 0.29) is 11.6 Å². The molecule has 0 bridgehead atoms. The molecule has 2 rings (SSSR count). The van der Waals surface area contributed by atoms with Crippen molar-refractivity contribution in [3.8, 4) is 5.75 Å². The molecule has 5 heteroatoms. The molecule has 0 saturated heterocycles. The van der Waals surface area contributed by atoms with Gasteiger partial charge in [-0.3, -0.25) is 0 Å². The Kier molecular flexibility index (Phi) is 3.97. The molecule has 0 amide bonds. The van der Waals surface area contributed by atoms with Gasteiger partial charge in [-0.05, 0) is 35.9 Å². The summed E-state index contributed by atoms with van der Waals surface area (Å²) in [5, 5.41) is 0.938. The van der Waals surface area contributed by atoms with Crippen LogP contribution in [0.4, 0.5) is 4.39 Å². The van der Waals surface area contributed by atoms with Gasteiger partial charge >= 0.3 is 10.1 Å². The van der Waals surface area contributed by atoms with Gasteiger partial charge in [0.05, 0.1) is 5.41 Å². The van der Waals surface area contributed by atoms with Crippen LogP contribution in [0.1, 0.15) is 5.56 Å². The molecule has 2 aromatic rings. The molecule has 0 radical (unpaired) electrons. The number of benzene rings is 2. The molecule has 0 aliphatic rings. The fourth-order valence-corrected chi connectivity index (χ4v) is 2.13. The van der Waals surface area contributed by atoms with Gasteiger partial charge in [0.2, 0.25) is 0 Å². The quantitative estimate of drug-likeness (QED) is 0.807. The summed E-state index contributed by atoms with van der Waals surface area (Å²) in [5.74, 6) is -0.133. The van der Waals surface area contributed by atoms with E-state index in [1.54, 1.807) is 30.3 Å². The second kappa shape index (κ2) is 5.67. The molecule has 0 N–H and O–H groups in total. The van der Waals surface area contributed by atoms with Crippen LogP contribution in [0, 0.1) is 5.82 Å². The molecule has 2 aromatic carbocycles. The first-order chi connectivity index (χ1) is 9.05. The molecule has 0 atom stereocenters. The highest BCUT2D eigenvalue weighted by molar-refractivity contribution is 7.90. The topological polar surface area (TPSA) is 43.4 Å². The summed E-state index contributed by atoms with van der Waals surface area (Å²) in [6, 6.07) is 13.7. The third-order valence-corrected chi connectivity index (χ3v) is 3.15. The fourth-order valence-electron chi connectivity index (χ4n) is 1.37. The van der Waals surface area contributed by atoms with Gasteiger partial charge in [0.15, 0.2) is 0 Å². The molecule has 0 spiro atoms. The first-order valence-corrected chi connectivity index (χ1v) is 6.95. The maximum absolute atomic E-state index is 12.7. The molecule has 0 saturated carbocycles. The lowest BCUT2D eigenvalue weighted by Crippen LogP contribution is -2.04. The number of rotatable bonds is 4. The van der Waals surface area contributed by atoms with Crippen molar-refractivity contribution in [1.29, 1.82) is 0 Å².